The van der Waals surface area contributed by atoms with E-state index in [1.807, 2.05) is 6.20 Å². The molecular formula is C17H23N3. The fraction of sp³-hybridized carbons (Fsp3) is 0.412. The van der Waals surface area contributed by atoms with E-state index in [0.29, 0.717) is 6.04 Å². The zero-order valence-electron chi connectivity index (χ0n) is 12.8. The number of nitrogens with one attached hydrogen (secondary N) is 1. The Kier molecular flexibility index (Phi) is 4.85. The van der Waals surface area contributed by atoms with Gasteiger partial charge < -0.3 is 5.32 Å². The predicted octanol–water partition coefficient (Wildman–Crippen LogP) is 3.35. The Morgan fingerprint density at radius 2 is 1.85 bits per heavy atom. The molecule has 1 unspecified atom stereocenters. The fourth-order valence-electron chi connectivity index (χ4n) is 2.34. The third-order valence-electron chi connectivity index (χ3n) is 3.53. The van der Waals surface area contributed by atoms with Crippen LogP contribution in [0.2, 0.25) is 0 Å². The van der Waals surface area contributed by atoms with Crippen LogP contribution < -0.4 is 5.32 Å². The number of hydrogen-bond acceptors (Lipinski definition) is 3. The molecule has 0 amide bonds. The lowest BCUT2D eigenvalue weighted by molar-refractivity contribution is 0.588. The topological polar surface area (TPSA) is 37.8 Å². The first-order chi connectivity index (χ1) is 9.60. The van der Waals surface area contributed by atoms with Crippen molar-refractivity contribution < 1.29 is 0 Å². The van der Waals surface area contributed by atoms with Crippen molar-refractivity contribution in [3.63, 3.8) is 0 Å². The molecule has 3 nitrogen and oxygen atoms in total. The molecule has 0 aliphatic rings. The molecule has 1 aromatic heterocycles. The van der Waals surface area contributed by atoms with Crippen molar-refractivity contribution in [3.05, 3.63) is 58.7 Å². The normalized spacial score (nSPS) is 12.4. The summed E-state index contributed by atoms with van der Waals surface area (Å²) in [6, 6.07) is 8.84. The van der Waals surface area contributed by atoms with Gasteiger partial charge in [-0.05, 0) is 32.9 Å². The molecule has 1 heterocycles. The van der Waals surface area contributed by atoms with Crippen molar-refractivity contribution >= 4 is 0 Å². The van der Waals surface area contributed by atoms with Crippen LogP contribution in [0.1, 0.15) is 48.1 Å². The maximum absolute atomic E-state index is 4.64. The summed E-state index contributed by atoms with van der Waals surface area (Å²) in [5, 5.41) is 3.40. The molecule has 0 saturated carbocycles. The quantitative estimate of drug-likeness (QED) is 0.904. The third kappa shape index (κ3) is 3.64. The minimum Gasteiger partial charge on any atom is -0.310 e. The summed E-state index contributed by atoms with van der Waals surface area (Å²) in [5.74, 6) is 0.888. The summed E-state index contributed by atoms with van der Waals surface area (Å²) >= 11 is 0. The van der Waals surface area contributed by atoms with E-state index in [1.54, 1.807) is 0 Å². The Morgan fingerprint density at radius 3 is 2.45 bits per heavy atom. The second-order valence-corrected chi connectivity index (χ2v) is 5.27. The number of nitrogens with zero attached hydrogens (tertiary/aromatic N) is 2. The molecule has 1 atom stereocenters. The Bertz CT molecular complexity index is 561. The molecule has 0 aliphatic carbocycles. The van der Waals surface area contributed by atoms with Crippen LogP contribution >= 0.6 is 0 Å². The first-order valence-electron chi connectivity index (χ1n) is 7.21. The van der Waals surface area contributed by atoms with Gasteiger partial charge in [0.2, 0.25) is 0 Å². The third-order valence-corrected chi connectivity index (χ3v) is 3.53. The molecule has 2 aromatic rings. The van der Waals surface area contributed by atoms with Gasteiger partial charge in [0.25, 0.3) is 0 Å². The summed E-state index contributed by atoms with van der Waals surface area (Å²) in [4.78, 5) is 9.15. The molecule has 1 N–H and O–H groups in total. The van der Waals surface area contributed by atoms with Crippen LogP contribution in [0, 0.1) is 13.8 Å². The van der Waals surface area contributed by atoms with Gasteiger partial charge in [-0.2, -0.15) is 0 Å². The van der Waals surface area contributed by atoms with Gasteiger partial charge in [-0.15, -0.1) is 0 Å². The Labute approximate surface area is 121 Å². The summed E-state index contributed by atoms with van der Waals surface area (Å²) in [5.41, 5.74) is 4.78. The molecule has 3 heteroatoms. The molecular weight excluding hydrogens is 246 g/mol. The summed E-state index contributed by atoms with van der Waals surface area (Å²) in [7, 11) is 0. The second-order valence-electron chi connectivity index (χ2n) is 5.27. The van der Waals surface area contributed by atoms with Gasteiger partial charge in [-0.25, -0.2) is 9.97 Å². The summed E-state index contributed by atoms with van der Waals surface area (Å²) in [6.07, 6.45) is 2.75. The highest BCUT2D eigenvalue weighted by molar-refractivity contribution is 5.25. The zero-order valence-corrected chi connectivity index (χ0v) is 12.8. The van der Waals surface area contributed by atoms with E-state index in [2.05, 4.69) is 67.2 Å². The van der Waals surface area contributed by atoms with Crippen LogP contribution in [0.4, 0.5) is 0 Å². The van der Waals surface area contributed by atoms with Crippen molar-refractivity contribution in [2.75, 3.05) is 6.54 Å². The number of hydrogen-bond donors (Lipinski definition) is 1. The summed E-state index contributed by atoms with van der Waals surface area (Å²) in [6.45, 7) is 9.36. The van der Waals surface area contributed by atoms with Crippen molar-refractivity contribution in [2.24, 2.45) is 0 Å². The molecule has 0 bridgehead atoms. The van der Waals surface area contributed by atoms with E-state index < -0.39 is 0 Å². The molecule has 0 spiro atoms. The molecule has 0 aliphatic heterocycles. The monoisotopic (exact) mass is 269 g/mol. The van der Waals surface area contributed by atoms with E-state index in [-0.39, 0.29) is 0 Å². The van der Waals surface area contributed by atoms with Crippen LogP contribution in [0.15, 0.2) is 30.5 Å². The highest BCUT2D eigenvalue weighted by Crippen LogP contribution is 2.15. The van der Waals surface area contributed by atoms with Crippen molar-refractivity contribution in [3.8, 4) is 0 Å². The van der Waals surface area contributed by atoms with Crippen LogP contribution in [-0.2, 0) is 6.42 Å². The van der Waals surface area contributed by atoms with Crippen molar-refractivity contribution in [1.82, 2.24) is 15.3 Å². The minimum atomic E-state index is 0.299. The number of benzene rings is 1. The lowest BCUT2D eigenvalue weighted by atomic mass is 10.1. The predicted molar refractivity (Wildman–Crippen MR) is 82.8 cm³/mol. The van der Waals surface area contributed by atoms with Crippen LogP contribution in [0.3, 0.4) is 0 Å². The number of aryl methyl sites for hydroxylation is 2. The van der Waals surface area contributed by atoms with Gasteiger partial charge in [-0.3, -0.25) is 0 Å². The van der Waals surface area contributed by atoms with Crippen LogP contribution in [0.5, 0.6) is 0 Å². The highest BCUT2D eigenvalue weighted by atomic mass is 14.9. The zero-order chi connectivity index (χ0) is 14.5. The molecule has 0 radical (unpaired) electrons. The molecule has 0 fully saturated rings. The molecule has 0 saturated heterocycles. The SMILES string of the molecule is CCNC(C)c1cnc(Cc2ccc(C)cc2)nc1C. The largest absolute Gasteiger partial charge is 0.310 e. The van der Waals surface area contributed by atoms with E-state index in [1.165, 1.54) is 16.7 Å². The fourth-order valence-corrected chi connectivity index (χ4v) is 2.34. The average Bonchev–Trinajstić information content (AvgIpc) is 2.42. The molecule has 20 heavy (non-hydrogen) atoms. The number of aromatic nitrogens is 2. The maximum atomic E-state index is 4.64. The maximum Gasteiger partial charge on any atom is 0.132 e. The highest BCUT2D eigenvalue weighted by Gasteiger charge is 2.10. The number of rotatable bonds is 5. The van der Waals surface area contributed by atoms with Gasteiger partial charge in [0, 0.05) is 29.9 Å². The van der Waals surface area contributed by atoms with E-state index in [0.717, 1.165) is 24.5 Å². The Hall–Kier alpha value is -1.74. The van der Waals surface area contributed by atoms with E-state index in [9.17, 15) is 0 Å². The van der Waals surface area contributed by atoms with Crippen LogP contribution in [0.25, 0.3) is 0 Å². The van der Waals surface area contributed by atoms with E-state index >= 15 is 0 Å². The lowest BCUT2D eigenvalue weighted by Gasteiger charge is -2.15. The molecule has 2 rings (SSSR count). The standard InChI is InChI=1S/C17H23N3/c1-5-18-13(3)16-11-19-17(20-14(16)4)10-15-8-6-12(2)7-9-15/h6-9,11,13,18H,5,10H2,1-4H3. The Morgan fingerprint density at radius 1 is 1.15 bits per heavy atom. The van der Waals surface area contributed by atoms with Gasteiger partial charge in [0.1, 0.15) is 5.82 Å². The van der Waals surface area contributed by atoms with Crippen molar-refractivity contribution in [2.45, 2.75) is 40.2 Å². The Balaban J connectivity index is 2.14. The average molecular weight is 269 g/mol. The van der Waals surface area contributed by atoms with Crippen LogP contribution in [-0.4, -0.2) is 16.5 Å². The molecule has 1 aromatic carbocycles. The second kappa shape index (κ2) is 6.62. The lowest BCUT2D eigenvalue weighted by Crippen LogP contribution is -2.19. The first kappa shape index (κ1) is 14.7. The smallest absolute Gasteiger partial charge is 0.132 e. The van der Waals surface area contributed by atoms with Crippen molar-refractivity contribution in [1.29, 1.82) is 0 Å². The minimum absolute atomic E-state index is 0.299. The van der Waals surface area contributed by atoms with Gasteiger partial charge >= 0.3 is 0 Å². The van der Waals surface area contributed by atoms with Gasteiger partial charge in [-0.1, -0.05) is 36.8 Å². The van der Waals surface area contributed by atoms with Gasteiger partial charge in [0.15, 0.2) is 0 Å². The van der Waals surface area contributed by atoms with Gasteiger partial charge in [0.05, 0.1) is 0 Å². The van der Waals surface area contributed by atoms with E-state index in [4.69, 9.17) is 0 Å². The summed E-state index contributed by atoms with van der Waals surface area (Å²) < 4.78 is 0. The first-order valence-corrected chi connectivity index (χ1v) is 7.21. The molecule has 106 valence electrons.